The van der Waals surface area contributed by atoms with E-state index in [1.165, 1.54) is 6.92 Å². The number of methoxy groups -OCH3 is 1. The van der Waals surface area contributed by atoms with Crippen molar-refractivity contribution in [1.29, 1.82) is 0 Å². The van der Waals surface area contributed by atoms with Crippen LogP contribution < -0.4 is 4.74 Å². The van der Waals surface area contributed by atoms with Crippen molar-refractivity contribution in [2.75, 3.05) is 13.7 Å². The molecule has 1 aromatic carbocycles. The number of benzene rings is 1. The highest BCUT2D eigenvalue weighted by Gasteiger charge is 2.29. The fourth-order valence-electron chi connectivity index (χ4n) is 2.19. The summed E-state index contributed by atoms with van der Waals surface area (Å²) in [4.78, 5) is 11.1. The second-order valence-corrected chi connectivity index (χ2v) is 4.35. The quantitative estimate of drug-likeness (QED) is 0.773. The van der Waals surface area contributed by atoms with Crippen LogP contribution in [-0.2, 0) is 14.3 Å². The first-order chi connectivity index (χ1) is 8.70. The first-order valence-corrected chi connectivity index (χ1v) is 6.13. The molecule has 1 aromatic rings. The van der Waals surface area contributed by atoms with Gasteiger partial charge in [-0.25, -0.2) is 0 Å². The molecule has 1 heterocycles. The van der Waals surface area contributed by atoms with Gasteiger partial charge in [0.1, 0.15) is 18.0 Å². The number of carbonyl (C=O) groups excluding carboxylic acids is 1. The summed E-state index contributed by atoms with van der Waals surface area (Å²) in [5.41, 5.74) is 1.02. The Morgan fingerprint density at radius 2 is 2.06 bits per heavy atom. The lowest BCUT2D eigenvalue weighted by Crippen LogP contribution is -2.31. The molecule has 1 fully saturated rings. The van der Waals surface area contributed by atoms with Crippen molar-refractivity contribution in [3.63, 3.8) is 0 Å². The van der Waals surface area contributed by atoms with Gasteiger partial charge in [-0.3, -0.25) is 4.79 Å². The molecule has 0 amide bonds. The van der Waals surface area contributed by atoms with Crippen LogP contribution in [0.2, 0.25) is 0 Å². The molecule has 2 rings (SSSR count). The molecule has 1 saturated heterocycles. The van der Waals surface area contributed by atoms with Gasteiger partial charge in [0.2, 0.25) is 0 Å². The maximum Gasteiger partial charge on any atom is 0.303 e. The van der Waals surface area contributed by atoms with Gasteiger partial charge in [-0.1, -0.05) is 12.1 Å². The first kappa shape index (κ1) is 12.9. The van der Waals surface area contributed by atoms with E-state index >= 15 is 0 Å². The van der Waals surface area contributed by atoms with E-state index in [1.54, 1.807) is 7.11 Å². The number of carbonyl (C=O) groups is 1. The fourth-order valence-corrected chi connectivity index (χ4v) is 2.19. The average molecular weight is 250 g/mol. The maximum absolute atomic E-state index is 11.1. The van der Waals surface area contributed by atoms with Crippen molar-refractivity contribution in [2.45, 2.75) is 32.0 Å². The van der Waals surface area contributed by atoms with Crippen LogP contribution in [0.15, 0.2) is 24.3 Å². The summed E-state index contributed by atoms with van der Waals surface area (Å²) >= 11 is 0. The van der Waals surface area contributed by atoms with Gasteiger partial charge in [0.25, 0.3) is 0 Å². The number of hydrogen-bond donors (Lipinski definition) is 0. The van der Waals surface area contributed by atoms with Gasteiger partial charge in [0, 0.05) is 13.5 Å². The predicted molar refractivity (Wildman–Crippen MR) is 66.5 cm³/mol. The second-order valence-electron chi connectivity index (χ2n) is 4.35. The number of hydrogen-bond acceptors (Lipinski definition) is 4. The van der Waals surface area contributed by atoms with Crippen LogP contribution >= 0.6 is 0 Å². The number of ether oxygens (including phenoxy) is 3. The molecule has 4 nitrogen and oxygen atoms in total. The molecule has 0 aromatic heterocycles. The summed E-state index contributed by atoms with van der Waals surface area (Å²) in [6.45, 7) is 2.13. The Hall–Kier alpha value is -1.55. The zero-order valence-corrected chi connectivity index (χ0v) is 10.7. The number of rotatable bonds is 3. The summed E-state index contributed by atoms with van der Waals surface area (Å²) in [7, 11) is 1.63. The Morgan fingerprint density at radius 1 is 1.33 bits per heavy atom. The van der Waals surface area contributed by atoms with E-state index in [1.807, 2.05) is 24.3 Å². The topological polar surface area (TPSA) is 44.8 Å². The summed E-state index contributed by atoms with van der Waals surface area (Å²) in [6.07, 6.45) is 1.40. The lowest BCUT2D eigenvalue weighted by molar-refractivity contribution is -0.161. The zero-order chi connectivity index (χ0) is 13.0. The molecule has 0 aliphatic carbocycles. The van der Waals surface area contributed by atoms with Crippen LogP contribution in [0.25, 0.3) is 0 Å². The summed E-state index contributed by atoms with van der Waals surface area (Å²) in [5, 5.41) is 0. The van der Waals surface area contributed by atoms with E-state index in [4.69, 9.17) is 14.2 Å². The van der Waals surface area contributed by atoms with Gasteiger partial charge in [0.05, 0.1) is 7.11 Å². The number of esters is 1. The lowest BCUT2D eigenvalue weighted by atomic mass is 9.98. The Labute approximate surface area is 107 Å². The molecule has 0 spiro atoms. The minimum Gasteiger partial charge on any atom is -0.497 e. The smallest absolute Gasteiger partial charge is 0.303 e. The predicted octanol–water partition coefficient (Wildman–Crippen LogP) is 2.48. The Kier molecular flexibility index (Phi) is 4.20. The largest absolute Gasteiger partial charge is 0.497 e. The lowest BCUT2D eigenvalue weighted by Gasteiger charge is -2.31. The van der Waals surface area contributed by atoms with Gasteiger partial charge in [-0.2, -0.15) is 0 Å². The van der Waals surface area contributed by atoms with Crippen molar-refractivity contribution in [2.24, 2.45) is 0 Å². The van der Waals surface area contributed by atoms with Crippen LogP contribution in [0.3, 0.4) is 0 Å². The van der Waals surface area contributed by atoms with E-state index in [-0.39, 0.29) is 18.2 Å². The standard InChI is InChI=1S/C14H18O4/c1-10(15)18-13-4-3-9-17-14(13)11-5-7-12(16-2)8-6-11/h5-8,13-14H,3-4,9H2,1-2H3/t13-,14+/m0/s1. The van der Waals surface area contributed by atoms with Crippen molar-refractivity contribution in [3.8, 4) is 5.75 Å². The summed E-state index contributed by atoms with van der Waals surface area (Å²) in [6, 6.07) is 7.67. The average Bonchev–Trinajstić information content (AvgIpc) is 2.39. The Bertz CT molecular complexity index is 399. The van der Waals surface area contributed by atoms with Gasteiger partial charge < -0.3 is 14.2 Å². The molecule has 2 atom stereocenters. The molecular formula is C14H18O4. The zero-order valence-electron chi connectivity index (χ0n) is 10.7. The highest BCUT2D eigenvalue weighted by Crippen LogP contribution is 2.31. The van der Waals surface area contributed by atoms with Gasteiger partial charge in [0.15, 0.2) is 0 Å². The highest BCUT2D eigenvalue weighted by molar-refractivity contribution is 5.66. The van der Waals surface area contributed by atoms with E-state index < -0.39 is 0 Å². The molecule has 18 heavy (non-hydrogen) atoms. The normalized spacial score (nSPS) is 23.4. The van der Waals surface area contributed by atoms with E-state index in [2.05, 4.69) is 0 Å². The van der Waals surface area contributed by atoms with E-state index in [9.17, 15) is 4.79 Å². The van der Waals surface area contributed by atoms with Gasteiger partial charge >= 0.3 is 5.97 Å². The first-order valence-electron chi connectivity index (χ1n) is 6.13. The third-order valence-electron chi connectivity index (χ3n) is 3.03. The molecule has 1 aliphatic rings. The van der Waals surface area contributed by atoms with E-state index in [0.29, 0.717) is 6.61 Å². The van der Waals surface area contributed by atoms with Crippen molar-refractivity contribution in [3.05, 3.63) is 29.8 Å². The molecule has 0 unspecified atom stereocenters. The van der Waals surface area contributed by atoms with Gasteiger partial charge in [-0.05, 0) is 30.5 Å². The van der Waals surface area contributed by atoms with Crippen molar-refractivity contribution in [1.82, 2.24) is 0 Å². The van der Waals surface area contributed by atoms with Crippen LogP contribution in [0.1, 0.15) is 31.4 Å². The molecule has 98 valence electrons. The van der Waals surface area contributed by atoms with Crippen LogP contribution in [0, 0.1) is 0 Å². The van der Waals surface area contributed by atoms with Gasteiger partial charge in [-0.15, -0.1) is 0 Å². The van der Waals surface area contributed by atoms with E-state index in [0.717, 1.165) is 24.2 Å². The molecule has 0 radical (unpaired) electrons. The Morgan fingerprint density at radius 3 is 2.67 bits per heavy atom. The maximum atomic E-state index is 11.1. The summed E-state index contributed by atoms with van der Waals surface area (Å²) in [5.74, 6) is 0.544. The third-order valence-corrected chi connectivity index (χ3v) is 3.03. The molecular weight excluding hydrogens is 232 g/mol. The molecule has 0 bridgehead atoms. The molecule has 0 saturated carbocycles. The molecule has 0 N–H and O–H groups in total. The Balaban J connectivity index is 2.13. The van der Waals surface area contributed by atoms with Crippen LogP contribution in [0.5, 0.6) is 5.75 Å². The minimum absolute atomic E-state index is 0.173. The van der Waals surface area contributed by atoms with Crippen LogP contribution in [0.4, 0.5) is 0 Å². The van der Waals surface area contributed by atoms with Crippen molar-refractivity contribution >= 4 is 5.97 Å². The van der Waals surface area contributed by atoms with Crippen LogP contribution in [-0.4, -0.2) is 25.8 Å². The monoisotopic (exact) mass is 250 g/mol. The summed E-state index contributed by atoms with van der Waals surface area (Å²) < 4.78 is 16.2. The van der Waals surface area contributed by atoms with Crippen molar-refractivity contribution < 1.29 is 19.0 Å². The second kappa shape index (κ2) is 5.87. The SMILES string of the molecule is COc1ccc([C@H]2OCCC[C@@H]2OC(C)=O)cc1. The molecule has 4 heteroatoms. The third kappa shape index (κ3) is 3.01. The molecule has 1 aliphatic heterocycles. The fraction of sp³-hybridized carbons (Fsp3) is 0.500. The highest BCUT2D eigenvalue weighted by atomic mass is 16.6. The minimum atomic E-state index is -0.260.